The molecule has 3 rings (SSSR count). The lowest BCUT2D eigenvalue weighted by atomic mass is 9.82. The van der Waals surface area contributed by atoms with Crippen molar-refractivity contribution in [3.63, 3.8) is 0 Å². The van der Waals surface area contributed by atoms with Crippen molar-refractivity contribution < 1.29 is 14.0 Å². The molecule has 0 aliphatic rings. The molecule has 2 heterocycles. The molecular weight excluding hydrogens is 491 g/mol. The van der Waals surface area contributed by atoms with Crippen LogP contribution in [0, 0.1) is 18.7 Å². The fraction of sp³-hybridized carbons (Fsp3) is 0.375. The Labute approximate surface area is 231 Å². The fourth-order valence-electron chi connectivity index (χ4n) is 4.48. The van der Waals surface area contributed by atoms with Crippen LogP contribution in [0.15, 0.2) is 60.9 Å². The second kappa shape index (κ2) is 12.8. The number of hydrogen-bond donors (Lipinski definition) is 2. The topological polar surface area (TPSA) is 84.0 Å². The largest absolute Gasteiger partial charge is 0.350 e. The van der Waals surface area contributed by atoms with Crippen molar-refractivity contribution in [1.82, 2.24) is 20.6 Å². The zero-order chi connectivity index (χ0) is 28.7. The average molecular weight is 531 g/mol. The van der Waals surface area contributed by atoms with Crippen molar-refractivity contribution in [3.8, 4) is 0 Å². The molecule has 2 aromatic heterocycles. The normalized spacial score (nSPS) is 13.1. The fourth-order valence-corrected chi connectivity index (χ4v) is 4.48. The van der Waals surface area contributed by atoms with Crippen molar-refractivity contribution in [2.45, 2.75) is 72.9 Å². The second-order valence-corrected chi connectivity index (χ2v) is 11.1. The van der Waals surface area contributed by atoms with Crippen molar-refractivity contribution in [1.29, 1.82) is 0 Å². The van der Waals surface area contributed by atoms with Gasteiger partial charge in [0.2, 0.25) is 0 Å². The molecule has 7 heteroatoms. The smallest absolute Gasteiger partial charge is 0.253 e. The third-order valence-electron chi connectivity index (χ3n) is 6.26. The predicted molar refractivity (Wildman–Crippen MR) is 154 cm³/mol. The van der Waals surface area contributed by atoms with Gasteiger partial charge in [-0.3, -0.25) is 19.6 Å². The summed E-state index contributed by atoms with van der Waals surface area (Å²) < 4.78 is 14.5. The number of pyridine rings is 2. The minimum Gasteiger partial charge on any atom is -0.350 e. The highest BCUT2D eigenvalue weighted by molar-refractivity contribution is 6.27. The summed E-state index contributed by atoms with van der Waals surface area (Å²) in [7, 11) is 0. The summed E-state index contributed by atoms with van der Waals surface area (Å²) in [5, 5.41) is 5.95. The summed E-state index contributed by atoms with van der Waals surface area (Å²) in [6.07, 6.45) is 4.04. The van der Waals surface area contributed by atoms with E-state index >= 15 is 0 Å². The molecule has 1 unspecified atom stereocenters. The van der Waals surface area contributed by atoms with Crippen LogP contribution in [0.25, 0.3) is 11.1 Å². The van der Waals surface area contributed by atoms with E-state index in [2.05, 4.69) is 39.7 Å². The van der Waals surface area contributed by atoms with E-state index in [4.69, 9.17) is 0 Å². The highest BCUT2D eigenvalue weighted by atomic mass is 19.1. The Morgan fingerprint density at radius 3 is 2.26 bits per heavy atom. The van der Waals surface area contributed by atoms with Gasteiger partial charge in [0.25, 0.3) is 11.8 Å². The van der Waals surface area contributed by atoms with Gasteiger partial charge >= 0.3 is 0 Å². The molecule has 2 amide bonds. The van der Waals surface area contributed by atoms with Crippen LogP contribution < -0.4 is 10.6 Å². The molecule has 0 saturated heterocycles. The Kier molecular flexibility index (Phi) is 9.73. The van der Waals surface area contributed by atoms with Crippen LogP contribution in [0.4, 0.5) is 4.39 Å². The van der Waals surface area contributed by atoms with Crippen molar-refractivity contribution in [2.75, 3.05) is 0 Å². The Balaban J connectivity index is 2.28. The van der Waals surface area contributed by atoms with E-state index < -0.39 is 11.4 Å². The first-order chi connectivity index (χ1) is 18.4. The van der Waals surface area contributed by atoms with E-state index in [0.717, 1.165) is 11.8 Å². The van der Waals surface area contributed by atoms with Crippen LogP contribution in [-0.2, 0) is 11.2 Å². The van der Waals surface area contributed by atoms with E-state index in [1.165, 1.54) is 12.3 Å². The quantitative estimate of drug-likeness (QED) is 0.325. The monoisotopic (exact) mass is 530 g/mol. The second-order valence-electron chi connectivity index (χ2n) is 11.1. The molecule has 2 N–H and O–H groups in total. The van der Waals surface area contributed by atoms with E-state index in [9.17, 15) is 14.0 Å². The Morgan fingerprint density at radius 2 is 1.69 bits per heavy atom. The van der Waals surface area contributed by atoms with Crippen LogP contribution in [0.5, 0.6) is 0 Å². The van der Waals surface area contributed by atoms with Gasteiger partial charge in [0, 0.05) is 29.0 Å². The third-order valence-corrected chi connectivity index (χ3v) is 6.26. The molecular formula is C32H39FN4O2. The van der Waals surface area contributed by atoms with Crippen LogP contribution in [-0.4, -0.2) is 33.4 Å². The van der Waals surface area contributed by atoms with Gasteiger partial charge in [0.05, 0.1) is 23.0 Å². The maximum Gasteiger partial charge on any atom is 0.253 e. The summed E-state index contributed by atoms with van der Waals surface area (Å²) in [5.41, 5.74) is 3.69. The molecule has 0 aliphatic carbocycles. The molecule has 0 bridgehead atoms. The molecule has 206 valence electrons. The zero-order valence-corrected chi connectivity index (χ0v) is 23.9. The van der Waals surface area contributed by atoms with Crippen molar-refractivity contribution in [2.24, 2.45) is 5.92 Å². The number of aromatic nitrogens is 2. The number of carbonyl (C=O) groups excluding carboxylic acids is 2. The molecule has 3 aromatic rings. The first-order valence-corrected chi connectivity index (χ1v) is 13.4. The van der Waals surface area contributed by atoms with Gasteiger partial charge in [-0.1, -0.05) is 37.3 Å². The van der Waals surface area contributed by atoms with Gasteiger partial charge in [-0.2, -0.15) is 0 Å². The van der Waals surface area contributed by atoms with Crippen molar-refractivity contribution >= 4 is 23.0 Å². The Morgan fingerprint density at radius 1 is 1.00 bits per heavy atom. The molecule has 6 nitrogen and oxygen atoms in total. The van der Waals surface area contributed by atoms with E-state index in [1.807, 2.05) is 52.8 Å². The van der Waals surface area contributed by atoms with E-state index in [0.29, 0.717) is 46.5 Å². The van der Waals surface area contributed by atoms with Gasteiger partial charge < -0.3 is 10.6 Å². The number of hydrogen-bond acceptors (Lipinski definition) is 4. The number of nitrogens with zero attached hydrogens (tertiary/aromatic N) is 2. The highest BCUT2D eigenvalue weighted by Crippen LogP contribution is 2.36. The Bertz CT molecular complexity index is 1330. The van der Waals surface area contributed by atoms with Crippen LogP contribution in [0.1, 0.15) is 80.8 Å². The van der Waals surface area contributed by atoms with E-state index in [1.54, 1.807) is 19.1 Å². The molecule has 1 aromatic carbocycles. The first-order valence-electron chi connectivity index (χ1n) is 13.4. The van der Waals surface area contributed by atoms with Gasteiger partial charge in [-0.05, 0) is 89.6 Å². The molecule has 39 heavy (non-hydrogen) atoms. The average Bonchev–Trinajstić information content (AvgIpc) is 2.87. The maximum atomic E-state index is 14.5. The van der Waals surface area contributed by atoms with Crippen LogP contribution >= 0.6 is 0 Å². The van der Waals surface area contributed by atoms with Gasteiger partial charge in [0.15, 0.2) is 0 Å². The minimum atomic E-state index is -0.525. The summed E-state index contributed by atoms with van der Waals surface area (Å²) in [6.45, 7) is 13.3. The van der Waals surface area contributed by atoms with Gasteiger partial charge in [-0.15, -0.1) is 0 Å². The van der Waals surface area contributed by atoms with Crippen LogP contribution in [0.3, 0.4) is 0 Å². The van der Waals surface area contributed by atoms with E-state index in [-0.39, 0.29) is 23.8 Å². The van der Waals surface area contributed by atoms with Crippen molar-refractivity contribution in [3.05, 3.63) is 94.8 Å². The lowest BCUT2D eigenvalue weighted by molar-refractivity contribution is -0.116. The summed E-state index contributed by atoms with van der Waals surface area (Å²) >= 11 is 0. The molecule has 0 radical (unpaired) electrons. The minimum absolute atomic E-state index is 0.121. The summed E-state index contributed by atoms with van der Waals surface area (Å²) in [6, 6.07) is 14.7. The number of aryl methyl sites for hydroxylation is 1. The summed E-state index contributed by atoms with van der Waals surface area (Å²) in [5.74, 6) is -1.20. The number of rotatable bonds is 9. The Hall–Kier alpha value is -3.87. The number of amides is 2. The predicted octanol–water partition coefficient (Wildman–Crippen LogP) is 6.16. The molecule has 0 aliphatic heterocycles. The standard InChI is InChI=1S/C32H39FN4O2/c1-8-23(16-22-12-10-9-11-13-22)28(27-15-14-24(18-35-27)30(38)37-32(5,6)7)29(31(39)36-20(2)3)26-17-25(33)19-34-21(26)4/h9-15,17-20,23H,8,16H2,1-7H3,(H,36,39)(H,37,38). The molecule has 0 fully saturated rings. The number of halogens is 1. The van der Waals surface area contributed by atoms with Gasteiger partial charge in [0.1, 0.15) is 5.82 Å². The number of benzene rings is 1. The molecule has 1 atom stereocenters. The third kappa shape index (κ3) is 8.06. The lowest BCUT2D eigenvalue weighted by Crippen LogP contribution is -2.40. The number of allylic oxidation sites excluding steroid dienone is 1. The van der Waals surface area contributed by atoms with Crippen LogP contribution in [0.2, 0.25) is 0 Å². The first kappa shape index (κ1) is 29.7. The lowest BCUT2D eigenvalue weighted by Gasteiger charge is -2.25. The molecule has 0 spiro atoms. The number of nitrogens with one attached hydrogen (secondary N) is 2. The highest BCUT2D eigenvalue weighted by Gasteiger charge is 2.28. The maximum absolute atomic E-state index is 14.5. The van der Waals surface area contributed by atoms with Gasteiger partial charge in [-0.25, -0.2) is 4.39 Å². The number of carbonyl (C=O) groups is 2. The molecule has 0 saturated carbocycles. The SMILES string of the molecule is CCC(Cc1ccccc1)C(=C(C(=O)NC(C)C)c1cc(F)cnc1C)c1ccc(C(=O)NC(C)(C)C)cn1. The summed E-state index contributed by atoms with van der Waals surface area (Å²) in [4.78, 5) is 35.5. The zero-order valence-electron chi connectivity index (χ0n) is 23.9.